The van der Waals surface area contributed by atoms with E-state index in [0.717, 1.165) is 17.7 Å². The van der Waals surface area contributed by atoms with E-state index in [1.165, 1.54) is 23.7 Å². The summed E-state index contributed by atoms with van der Waals surface area (Å²) < 4.78 is 5.14. The van der Waals surface area contributed by atoms with Gasteiger partial charge in [0.05, 0.1) is 24.1 Å². The van der Waals surface area contributed by atoms with E-state index in [1.54, 1.807) is 13.8 Å². The van der Waals surface area contributed by atoms with Crippen LogP contribution >= 0.6 is 11.3 Å². The van der Waals surface area contributed by atoms with Crippen LogP contribution in [-0.2, 0) is 11.2 Å². The molecule has 0 aliphatic carbocycles. The van der Waals surface area contributed by atoms with Gasteiger partial charge >= 0.3 is 5.97 Å². The maximum absolute atomic E-state index is 12.3. The van der Waals surface area contributed by atoms with E-state index in [-0.39, 0.29) is 12.3 Å². The number of amides is 1. The van der Waals surface area contributed by atoms with E-state index in [2.05, 4.69) is 29.1 Å². The Morgan fingerprint density at radius 3 is 2.62 bits per heavy atom. The van der Waals surface area contributed by atoms with Gasteiger partial charge in [0, 0.05) is 6.20 Å². The van der Waals surface area contributed by atoms with E-state index in [1.807, 2.05) is 5.38 Å². The third-order valence-electron chi connectivity index (χ3n) is 3.22. The van der Waals surface area contributed by atoms with Crippen LogP contribution in [0.2, 0.25) is 0 Å². The molecule has 0 saturated heterocycles. The third kappa shape index (κ3) is 4.38. The van der Waals surface area contributed by atoms with E-state index in [0.29, 0.717) is 16.5 Å². The van der Waals surface area contributed by atoms with Gasteiger partial charge in [0.25, 0.3) is 5.91 Å². The average Bonchev–Trinajstić information content (AvgIpc) is 2.89. The fourth-order valence-electron chi connectivity index (χ4n) is 2.18. The van der Waals surface area contributed by atoms with Crippen LogP contribution in [-0.4, -0.2) is 28.5 Å². The monoisotopic (exact) mass is 347 g/mol. The number of hydrogen-bond acceptors (Lipinski definition) is 6. The van der Waals surface area contributed by atoms with Crippen LogP contribution in [0.1, 0.15) is 52.9 Å². The number of aryl methyl sites for hydroxylation is 1. The van der Waals surface area contributed by atoms with Gasteiger partial charge in [-0.3, -0.25) is 9.78 Å². The van der Waals surface area contributed by atoms with Crippen LogP contribution in [0.15, 0.2) is 17.8 Å². The lowest BCUT2D eigenvalue weighted by molar-refractivity contribution is 0.0527. The number of nitrogens with one attached hydrogen (secondary N) is 1. The van der Waals surface area contributed by atoms with Crippen LogP contribution in [0.5, 0.6) is 0 Å². The van der Waals surface area contributed by atoms with Gasteiger partial charge in [-0.05, 0) is 37.1 Å². The number of aromatic nitrogens is 2. The van der Waals surface area contributed by atoms with Gasteiger partial charge < -0.3 is 10.1 Å². The van der Waals surface area contributed by atoms with Crippen molar-refractivity contribution in [2.24, 2.45) is 5.92 Å². The summed E-state index contributed by atoms with van der Waals surface area (Å²) in [6.07, 6.45) is 3.68. The summed E-state index contributed by atoms with van der Waals surface area (Å²) in [4.78, 5) is 32.7. The van der Waals surface area contributed by atoms with Crippen molar-refractivity contribution in [1.82, 2.24) is 9.97 Å². The van der Waals surface area contributed by atoms with Gasteiger partial charge in [0.1, 0.15) is 10.7 Å². The molecule has 0 aromatic carbocycles. The lowest BCUT2D eigenvalue weighted by Gasteiger charge is -2.09. The van der Waals surface area contributed by atoms with E-state index in [4.69, 9.17) is 4.74 Å². The Morgan fingerprint density at radius 1 is 1.29 bits per heavy atom. The number of carbonyl (C=O) groups excluding carboxylic acids is 2. The van der Waals surface area contributed by atoms with Gasteiger partial charge in [-0.2, -0.15) is 0 Å². The van der Waals surface area contributed by atoms with Crippen LogP contribution in [0, 0.1) is 12.8 Å². The number of esters is 1. The number of anilines is 1. The molecule has 1 amide bonds. The summed E-state index contributed by atoms with van der Waals surface area (Å²) >= 11 is 1.32. The summed E-state index contributed by atoms with van der Waals surface area (Å²) in [5.74, 6) is -0.426. The molecule has 2 aromatic rings. The Kier molecular flexibility index (Phi) is 6.03. The van der Waals surface area contributed by atoms with Crippen molar-refractivity contribution in [3.05, 3.63) is 40.3 Å². The second-order valence-corrected chi connectivity index (χ2v) is 6.66. The molecule has 24 heavy (non-hydrogen) atoms. The molecule has 0 bridgehead atoms. The average molecular weight is 347 g/mol. The highest BCUT2D eigenvalue weighted by atomic mass is 32.1. The Balaban J connectivity index is 2.28. The fourth-order valence-corrected chi connectivity index (χ4v) is 3.14. The largest absolute Gasteiger partial charge is 0.462 e. The molecule has 0 saturated carbocycles. The molecule has 128 valence electrons. The topological polar surface area (TPSA) is 81.2 Å². The zero-order chi connectivity index (χ0) is 17.7. The number of ether oxygens (including phenoxy) is 1. The zero-order valence-corrected chi connectivity index (χ0v) is 15.1. The summed E-state index contributed by atoms with van der Waals surface area (Å²) in [6.45, 7) is 7.99. The SMILES string of the molecule is CCOC(=O)c1c(CC(C)C)csc1NC(=O)c1cnc(C)cn1. The molecule has 0 fully saturated rings. The highest BCUT2D eigenvalue weighted by molar-refractivity contribution is 7.15. The molecule has 2 heterocycles. The number of carbonyl (C=O) groups is 2. The third-order valence-corrected chi connectivity index (χ3v) is 4.16. The lowest BCUT2D eigenvalue weighted by Crippen LogP contribution is -2.17. The van der Waals surface area contributed by atoms with Crippen LogP contribution < -0.4 is 5.32 Å². The second-order valence-electron chi connectivity index (χ2n) is 5.78. The van der Waals surface area contributed by atoms with Crippen LogP contribution in [0.3, 0.4) is 0 Å². The maximum Gasteiger partial charge on any atom is 0.341 e. The number of nitrogens with zero attached hydrogens (tertiary/aromatic N) is 2. The first-order valence-electron chi connectivity index (χ1n) is 7.79. The first-order valence-corrected chi connectivity index (χ1v) is 8.67. The molecule has 1 N–H and O–H groups in total. The number of hydrogen-bond donors (Lipinski definition) is 1. The first-order chi connectivity index (χ1) is 11.4. The number of rotatable bonds is 6. The molecule has 0 radical (unpaired) electrons. The van der Waals surface area contributed by atoms with Crippen LogP contribution in [0.4, 0.5) is 5.00 Å². The quantitative estimate of drug-likeness (QED) is 0.809. The van der Waals surface area contributed by atoms with Crippen molar-refractivity contribution >= 4 is 28.2 Å². The van der Waals surface area contributed by atoms with Crippen molar-refractivity contribution in [1.29, 1.82) is 0 Å². The minimum Gasteiger partial charge on any atom is -0.462 e. The Bertz CT molecular complexity index is 723. The summed E-state index contributed by atoms with van der Waals surface area (Å²) in [5.41, 5.74) is 2.26. The molecule has 2 aromatic heterocycles. The molecule has 2 rings (SSSR count). The number of thiophene rings is 1. The van der Waals surface area contributed by atoms with E-state index < -0.39 is 11.9 Å². The van der Waals surface area contributed by atoms with E-state index >= 15 is 0 Å². The molecule has 0 unspecified atom stereocenters. The van der Waals surface area contributed by atoms with Crippen molar-refractivity contribution in [3.8, 4) is 0 Å². The summed E-state index contributed by atoms with van der Waals surface area (Å²) in [5, 5.41) is 5.13. The highest BCUT2D eigenvalue weighted by Crippen LogP contribution is 2.31. The normalized spacial score (nSPS) is 10.7. The smallest absolute Gasteiger partial charge is 0.341 e. The lowest BCUT2D eigenvalue weighted by atomic mass is 10.0. The maximum atomic E-state index is 12.3. The van der Waals surface area contributed by atoms with Crippen LogP contribution in [0.25, 0.3) is 0 Å². The van der Waals surface area contributed by atoms with Crippen molar-refractivity contribution in [3.63, 3.8) is 0 Å². The molecular formula is C17H21N3O3S. The Labute approximate surface area is 145 Å². The molecular weight excluding hydrogens is 326 g/mol. The summed E-state index contributed by atoms with van der Waals surface area (Å²) in [6, 6.07) is 0. The molecule has 0 atom stereocenters. The van der Waals surface area contributed by atoms with Gasteiger partial charge in [-0.1, -0.05) is 13.8 Å². The minimum absolute atomic E-state index is 0.203. The standard InChI is InChI=1S/C17H21N3O3S/c1-5-23-17(22)14-12(6-10(2)3)9-24-16(14)20-15(21)13-8-18-11(4)7-19-13/h7-10H,5-6H2,1-4H3,(H,20,21). The van der Waals surface area contributed by atoms with Gasteiger partial charge in [0.2, 0.25) is 0 Å². The zero-order valence-electron chi connectivity index (χ0n) is 14.3. The fraction of sp³-hybridized carbons (Fsp3) is 0.412. The Hall–Kier alpha value is -2.28. The van der Waals surface area contributed by atoms with Gasteiger partial charge in [-0.25, -0.2) is 9.78 Å². The molecule has 0 aliphatic heterocycles. The van der Waals surface area contributed by atoms with E-state index in [9.17, 15) is 9.59 Å². The predicted octanol–water partition coefficient (Wildman–Crippen LogP) is 3.47. The molecule has 0 aliphatic rings. The minimum atomic E-state index is -0.417. The Morgan fingerprint density at radius 2 is 2.04 bits per heavy atom. The molecule has 7 heteroatoms. The molecule has 0 spiro atoms. The highest BCUT2D eigenvalue weighted by Gasteiger charge is 2.22. The van der Waals surface area contributed by atoms with Gasteiger partial charge in [-0.15, -0.1) is 11.3 Å². The van der Waals surface area contributed by atoms with Crippen molar-refractivity contribution in [2.45, 2.75) is 34.1 Å². The molecule has 6 nitrogen and oxygen atoms in total. The first kappa shape index (κ1) is 18.1. The van der Waals surface area contributed by atoms with Crippen molar-refractivity contribution < 1.29 is 14.3 Å². The predicted molar refractivity (Wildman–Crippen MR) is 93.5 cm³/mol. The van der Waals surface area contributed by atoms with Gasteiger partial charge in [0.15, 0.2) is 0 Å². The van der Waals surface area contributed by atoms with Crippen molar-refractivity contribution in [2.75, 3.05) is 11.9 Å². The summed E-state index contributed by atoms with van der Waals surface area (Å²) in [7, 11) is 0. The second kappa shape index (κ2) is 8.01.